The second-order valence-electron chi connectivity index (χ2n) is 1.90. The largest absolute Gasteiger partial charge is 0.274 e. The fourth-order valence-electron chi connectivity index (χ4n) is 0.596. The maximum atomic E-state index is 4.06. The van der Waals surface area contributed by atoms with E-state index in [1.54, 1.807) is 19.3 Å². The van der Waals surface area contributed by atoms with Crippen molar-refractivity contribution in [3.05, 3.63) is 12.7 Å². The van der Waals surface area contributed by atoms with Gasteiger partial charge in [0.15, 0.2) is 0 Å². The molecule has 0 aromatic carbocycles. The summed E-state index contributed by atoms with van der Waals surface area (Å²) in [6.07, 6.45) is 5.35. The highest BCUT2D eigenvalue weighted by Gasteiger charge is 1.88. The molecule has 0 saturated heterocycles. The topological polar surface area (TPSA) is 24.7 Å². The zero-order valence-corrected chi connectivity index (χ0v) is 6.67. The van der Waals surface area contributed by atoms with Gasteiger partial charge in [0, 0.05) is 19.7 Å². The molecule has 0 saturated carbocycles. The van der Waals surface area contributed by atoms with Crippen molar-refractivity contribution in [3.8, 4) is 0 Å². The Hall–Kier alpha value is -0.920. The van der Waals surface area contributed by atoms with Crippen LogP contribution in [-0.2, 0) is 0 Å². The average molecular weight is 138 g/mol. The normalized spacial score (nSPS) is 12.4. The van der Waals surface area contributed by atoms with E-state index in [4.69, 9.17) is 0 Å². The first-order valence-corrected chi connectivity index (χ1v) is 3.45. The molecule has 0 aliphatic rings. The minimum absolute atomic E-state index is 0.891. The van der Waals surface area contributed by atoms with Crippen molar-refractivity contribution in [2.75, 3.05) is 7.05 Å². The van der Waals surface area contributed by atoms with Crippen LogP contribution in [0.15, 0.2) is 22.6 Å². The third-order valence-electron chi connectivity index (χ3n) is 1.06. The van der Waals surface area contributed by atoms with Crippen LogP contribution in [0.2, 0.25) is 0 Å². The number of aliphatic imine (C=N–C) groups is 2. The fraction of sp³-hybridized carbons (Fsp3) is 0.500. The van der Waals surface area contributed by atoms with Gasteiger partial charge in [0.05, 0.1) is 0 Å². The molecule has 0 fully saturated rings. The third-order valence-corrected chi connectivity index (χ3v) is 1.06. The van der Waals surface area contributed by atoms with E-state index < -0.39 is 0 Å². The monoisotopic (exact) mass is 138 g/mol. The zero-order chi connectivity index (χ0) is 7.82. The van der Waals surface area contributed by atoms with Crippen LogP contribution in [0.3, 0.4) is 0 Å². The van der Waals surface area contributed by atoms with Crippen molar-refractivity contribution in [3.63, 3.8) is 0 Å². The van der Waals surface area contributed by atoms with Gasteiger partial charge in [0.1, 0.15) is 5.84 Å². The van der Waals surface area contributed by atoms with Crippen molar-refractivity contribution >= 4 is 12.1 Å². The number of rotatable bonds is 3. The lowest BCUT2D eigenvalue weighted by Crippen LogP contribution is -1.92. The molecule has 0 aliphatic carbocycles. The van der Waals surface area contributed by atoms with Crippen molar-refractivity contribution < 1.29 is 0 Å². The lowest BCUT2D eigenvalue weighted by molar-refractivity contribution is 0.980. The SMILES string of the molecule is C=C/C=N\C(CCC)=N/C. The molecule has 2 heteroatoms. The van der Waals surface area contributed by atoms with E-state index in [0.717, 1.165) is 18.7 Å². The summed E-state index contributed by atoms with van der Waals surface area (Å²) in [6, 6.07) is 0. The van der Waals surface area contributed by atoms with Crippen molar-refractivity contribution in [2.45, 2.75) is 19.8 Å². The van der Waals surface area contributed by atoms with E-state index in [-0.39, 0.29) is 0 Å². The van der Waals surface area contributed by atoms with Crippen LogP contribution in [0.4, 0.5) is 0 Å². The molecule has 0 radical (unpaired) electrons. The summed E-state index contributed by atoms with van der Waals surface area (Å²) in [4.78, 5) is 8.04. The van der Waals surface area contributed by atoms with Crippen LogP contribution >= 0.6 is 0 Å². The summed E-state index contributed by atoms with van der Waals surface area (Å²) in [6.45, 7) is 5.63. The molecule has 56 valence electrons. The summed E-state index contributed by atoms with van der Waals surface area (Å²) in [7, 11) is 1.76. The standard InChI is InChI=1S/C8H14N2/c1-4-6-8(9-3)10-7-5-2/h5,7H,2,4,6H2,1,3H3/b9-8-,10-7-. The van der Waals surface area contributed by atoms with E-state index in [1.165, 1.54) is 0 Å². The van der Waals surface area contributed by atoms with E-state index in [2.05, 4.69) is 23.5 Å². The summed E-state index contributed by atoms with van der Waals surface area (Å²) in [5.41, 5.74) is 0. The minimum Gasteiger partial charge on any atom is -0.274 e. The molecule has 0 N–H and O–H groups in total. The lowest BCUT2D eigenvalue weighted by atomic mass is 10.3. The lowest BCUT2D eigenvalue weighted by Gasteiger charge is -1.92. The van der Waals surface area contributed by atoms with Crippen molar-refractivity contribution in [1.82, 2.24) is 0 Å². The van der Waals surface area contributed by atoms with Gasteiger partial charge < -0.3 is 0 Å². The summed E-state index contributed by atoms with van der Waals surface area (Å²) < 4.78 is 0. The molecule has 2 nitrogen and oxygen atoms in total. The summed E-state index contributed by atoms with van der Waals surface area (Å²) >= 11 is 0. The van der Waals surface area contributed by atoms with E-state index in [0.29, 0.717) is 0 Å². The number of nitrogens with zero attached hydrogens (tertiary/aromatic N) is 2. The smallest absolute Gasteiger partial charge is 0.122 e. The van der Waals surface area contributed by atoms with Crippen molar-refractivity contribution in [2.24, 2.45) is 9.98 Å². The molecule has 0 aliphatic heterocycles. The Morgan fingerprint density at radius 1 is 1.60 bits per heavy atom. The molecule has 0 aromatic rings. The Balaban J connectivity index is 3.84. The zero-order valence-electron chi connectivity index (χ0n) is 6.67. The highest BCUT2D eigenvalue weighted by atomic mass is 14.9. The van der Waals surface area contributed by atoms with Gasteiger partial charge in [0.25, 0.3) is 0 Å². The van der Waals surface area contributed by atoms with Gasteiger partial charge in [-0.25, -0.2) is 4.99 Å². The molecule has 0 heterocycles. The van der Waals surface area contributed by atoms with E-state index in [1.807, 2.05) is 0 Å². The van der Waals surface area contributed by atoms with E-state index >= 15 is 0 Å². The van der Waals surface area contributed by atoms with Crippen LogP contribution in [0.5, 0.6) is 0 Å². The Morgan fingerprint density at radius 2 is 2.30 bits per heavy atom. The minimum atomic E-state index is 0.891. The number of hydrogen-bond acceptors (Lipinski definition) is 1. The number of hydrogen-bond donors (Lipinski definition) is 0. The molecule has 0 unspecified atom stereocenters. The van der Waals surface area contributed by atoms with Crippen LogP contribution in [0.1, 0.15) is 19.8 Å². The Kier molecular flexibility index (Phi) is 5.63. The Labute approximate surface area is 62.4 Å². The molecule has 0 aromatic heterocycles. The van der Waals surface area contributed by atoms with Crippen LogP contribution in [-0.4, -0.2) is 19.1 Å². The first-order valence-electron chi connectivity index (χ1n) is 3.45. The number of amidine groups is 1. The van der Waals surface area contributed by atoms with Gasteiger partial charge in [-0.15, -0.1) is 0 Å². The quantitative estimate of drug-likeness (QED) is 0.421. The predicted octanol–water partition coefficient (Wildman–Crippen LogP) is 2.07. The molecule has 0 atom stereocenters. The van der Waals surface area contributed by atoms with Gasteiger partial charge in [-0.2, -0.15) is 0 Å². The number of allylic oxidation sites excluding steroid dienone is 1. The molecule has 0 spiro atoms. The predicted molar refractivity (Wildman–Crippen MR) is 47.0 cm³/mol. The fourth-order valence-corrected chi connectivity index (χ4v) is 0.596. The third kappa shape index (κ3) is 4.01. The Bertz CT molecular complexity index is 145. The van der Waals surface area contributed by atoms with Gasteiger partial charge in [-0.1, -0.05) is 19.6 Å². The first kappa shape index (κ1) is 9.08. The van der Waals surface area contributed by atoms with Gasteiger partial charge in [-0.3, -0.25) is 4.99 Å². The maximum Gasteiger partial charge on any atom is 0.122 e. The van der Waals surface area contributed by atoms with Crippen LogP contribution < -0.4 is 0 Å². The molecule has 0 bridgehead atoms. The second-order valence-corrected chi connectivity index (χ2v) is 1.90. The summed E-state index contributed by atoms with van der Waals surface area (Å²) in [5.74, 6) is 0.891. The first-order chi connectivity index (χ1) is 4.85. The van der Waals surface area contributed by atoms with E-state index in [9.17, 15) is 0 Å². The molecular formula is C8H14N2. The van der Waals surface area contributed by atoms with Gasteiger partial charge in [-0.05, 0) is 6.42 Å². The highest BCUT2D eigenvalue weighted by molar-refractivity contribution is 5.91. The molecular weight excluding hydrogens is 124 g/mol. The van der Waals surface area contributed by atoms with Crippen molar-refractivity contribution in [1.29, 1.82) is 0 Å². The van der Waals surface area contributed by atoms with Gasteiger partial charge in [0.2, 0.25) is 0 Å². The molecule has 0 amide bonds. The molecule has 10 heavy (non-hydrogen) atoms. The van der Waals surface area contributed by atoms with Crippen LogP contribution in [0, 0.1) is 0 Å². The Morgan fingerprint density at radius 3 is 2.70 bits per heavy atom. The average Bonchev–Trinajstić information content (AvgIpc) is 1.98. The highest BCUT2D eigenvalue weighted by Crippen LogP contribution is 1.91. The van der Waals surface area contributed by atoms with Gasteiger partial charge >= 0.3 is 0 Å². The van der Waals surface area contributed by atoms with Crippen LogP contribution in [0.25, 0.3) is 0 Å². The summed E-state index contributed by atoms with van der Waals surface area (Å²) in [5, 5.41) is 0. The second kappa shape index (κ2) is 6.20. The molecule has 0 rings (SSSR count). The maximum absolute atomic E-state index is 4.06.